The lowest BCUT2D eigenvalue weighted by atomic mass is 10.2. The number of benzene rings is 2. The molecule has 0 aliphatic rings. The molecule has 0 saturated heterocycles. The van der Waals surface area contributed by atoms with E-state index in [-0.39, 0.29) is 5.02 Å². The quantitative estimate of drug-likeness (QED) is 0.749. The molecule has 1 heterocycles. The van der Waals surface area contributed by atoms with Crippen molar-refractivity contribution in [2.75, 3.05) is 5.32 Å². The van der Waals surface area contributed by atoms with Gasteiger partial charge in [-0.15, -0.1) is 0 Å². The second-order valence-electron chi connectivity index (χ2n) is 4.18. The zero-order chi connectivity index (χ0) is 14.1. The average Bonchev–Trinajstić information content (AvgIpc) is 2.84. The highest BCUT2D eigenvalue weighted by Gasteiger charge is 2.05. The number of hydrogen-bond acceptors (Lipinski definition) is 3. The fraction of sp³-hybridized carbons (Fsp3) is 0. The van der Waals surface area contributed by atoms with Gasteiger partial charge in [-0.1, -0.05) is 11.6 Å². The molecule has 0 spiro atoms. The zero-order valence-corrected chi connectivity index (χ0v) is 10.9. The third kappa shape index (κ3) is 2.29. The lowest BCUT2D eigenvalue weighted by Crippen LogP contribution is -1.92. The topological polar surface area (TPSA) is 64.5 Å². The summed E-state index contributed by atoms with van der Waals surface area (Å²) in [5, 5.41) is 11.9. The molecule has 0 amide bonds. The van der Waals surface area contributed by atoms with Crippen molar-refractivity contribution in [1.29, 1.82) is 5.26 Å². The van der Waals surface area contributed by atoms with Gasteiger partial charge in [0.25, 0.3) is 0 Å². The molecule has 2 aromatic carbocycles. The number of nitriles is 1. The summed E-state index contributed by atoms with van der Waals surface area (Å²) in [6.07, 6.45) is 0. The molecule has 0 radical (unpaired) electrons. The first-order chi connectivity index (χ1) is 9.65. The summed E-state index contributed by atoms with van der Waals surface area (Å²) in [5.74, 6) is 0.0262. The number of imidazole rings is 1. The smallest absolute Gasteiger partial charge is 0.205 e. The maximum absolute atomic E-state index is 13.1. The summed E-state index contributed by atoms with van der Waals surface area (Å²) in [7, 11) is 0. The SMILES string of the molecule is N#Cc1ccc2nc(Nc3ccc(F)c(Cl)c3)[nH]c2c1. The maximum Gasteiger partial charge on any atom is 0.205 e. The van der Waals surface area contributed by atoms with Gasteiger partial charge < -0.3 is 10.3 Å². The van der Waals surface area contributed by atoms with E-state index in [1.165, 1.54) is 12.1 Å². The zero-order valence-electron chi connectivity index (χ0n) is 10.1. The second-order valence-corrected chi connectivity index (χ2v) is 4.59. The highest BCUT2D eigenvalue weighted by molar-refractivity contribution is 6.31. The summed E-state index contributed by atoms with van der Waals surface area (Å²) in [6, 6.07) is 11.6. The molecule has 0 bridgehead atoms. The Balaban J connectivity index is 1.94. The Labute approximate surface area is 118 Å². The van der Waals surface area contributed by atoms with Crippen LogP contribution in [0.2, 0.25) is 5.02 Å². The number of fused-ring (bicyclic) bond motifs is 1. The number of aromatic amines is 1. The minimum absolute atomic E-state index is 0.0397. The second kappa shape index (κ2) is 4.83. The number of nitrogens with one attached hydrogen (secondary N) is 2. The molecule has 0 saturated carbocycles. The third-order valence-electron chi connectivity index (χ3n) is 2.79. The van der Waals surface area contributed by atoms with Crippen molar-refractivity contribution >= 4 is 34.3 Å². The van der Waals surface area contributed by atoms with Crippen LogP contribution in [-0.2, 0) is 0 Å². The van der Waals surface area contributed by atoms with Crippen molar-refractivity contribution in [2.45, 2.75) is 0 Å². The van der Waals surface area contributed by atoms with Crippen molar-refractivity contribution in [3.63, 3.8) is 0 Å². The van der Waals surface area contributed by atoms with Gasteiger partial charge in [-0.05, 0) is 36.4 Å². The molecule has 1 aromatic heterocycles. The third-order valence-corrected chi connectivity index (χ3v) is 3.08. The Morgan fingerprint density at radius 2 is 2.10 bits per heavy atom. The summed E-state index contributed by atoms with van der Waals surface area (Å²) >= 11 is 5.72. The van der Waals surface area contributed by atoms with Crippen LogP contribution in [0.1, 0.15) is 5.56 Å². The van der Waals surface area contributed by atoms with Crippen molar-refractivity contribution in [1.82, 2.24) is 9.97 Å². The Hall–Kier alpha value is -2.58. The Bertz CT molecular complexity index is 835. The Morgan fingerprint density at radius 3 is 2.85 bits per heavy atom. The molecule has 98 valence electrons. The van der Waals surface area contributed by atoms with E-state index >= 15 is 0 Å². The fourth-order valence-electron chi connectivity index (χ4n) is 1.85. The van der Waals surface area contributed by atoms with Gasteiger partial charge >= 0.3 is 0 Å². The molecule has 3 rings (SSSR count). The van der Waals surface area contributed by atoms with Gasteiger partial charge in [-0.25, -0.2) is 9.37 Å². The maximum atomic E-state index is 13.1. The molecule has 4 nitrogen and oxygen atoms in total. The molecule has 0 fully saturated rings. The van der Waals surface area contributed by atoms with Crippen LogP contribution in [0.15, 0.2) is 36.4 Å². The molecule has 2 N–H and O–H groups in total. The first-order valence-corrected chi connectivity index (χ1v) is 6.15. The highest BCUT2D eigenvalue weighted by Crippen LogP contribution is 2.23. The first kappa shape index (κ1) is 12.5. The largest absolute Gasteiger partial charge is 0.326 e. The van der Waals surface area contributed by atoms with Gasteiger partial charge in [0.2, 0.25) is 5.95 Å². The minimum Gasteiger partial charge on any atom is -0.326 e. The van der Waals surface area contributed by atoms with Crippen LogP contribution in [0.3, 0.4) is 0 Å². The predicted molar refractivity (Wildman–Crippen MR) is 75.5 cm³/mol. The molecule has 3 aromatic rings. The van der Waals surface area contributed by atoms with E-state index in [1.807, 2.05) is 0 Å². The van der Waals surface area contributed by atoms with Gasteiger partial charge in [0.1, 0.15) is 5.82 Å². The molecular weight excluding hydrogens is 279 g/mol. The summed E-state index contributed by atoms with van der Waals surface area (Å²) < 4.78 is 13.1. The van der Waals surface area contributed by atoms with E-state index in [1.54, 1.807) is 24.3 Å². The van der Waals surface area contributed by atoms with Crippen LogP contribution >= 0.6 is 11.6 Å². The lowest BCUT2D eigenvalue weighted by Gasteiger charge is -2.03. The number of anilines is 2. The molecule has 0 unspecified atom stereocenters. The lowest BCUT2D eigenvalue weighted by molar-refractivity contribution is 0.628. The van der Waals surface area contributed by atoms with Gasteiger partial charge in [-0.2, -0.15) is 5.26 Å². The first-order valence-electron chi connectivity index (χ1n) is 5.77. The van der Waals surface area contributed by atoms with Crippen molar-refractivity contribution in [2.24, 2.45) is 0 Å². The van der Waals surface area contributed by atoms with Gasteiger partial charge in [0.05, 0.1) is 27.7 Å². The van der Waals surface area contributed by atoms with Crippen molar-refractivity contribution in [3.8, 4) is 6.07 Å². The van der Waals surface area contributed by atoms with E-state index in [9.17, 15) is 4.39 Å². The minimum atomic E-state index is -0.472. The van der Waals surface area contributed by atoms with E-state index in [2.05, 4.69) is 21.4 Å². The normalized spacial score (nSPS) is 10.4. The van der Waals surface area contributed by atoms with Crippen LogP contribution < -0.4 is 5.32 Å². The molecule has 0 atom stereocenters. The molecule has 6 heteroatoms. The van der Waals surface area contributed by atoms with Crippen LogP contribution in [0, 0.1) is 17.1 Å². The van der Waals surface area contributed by atoms with Crippen LogP contribution in [-0.4, -0.2) is 9.97 Å². The van der Waals surface area contributed by atoms with E-state index in [4.69, 9.17) is 16.9 Å². The van der Waals surface area contributed by atoms with E-state index in [0.29, 0.717) is 17.2 Å². The summed E-state index contributed by atoms with van der Waals surface area (Å²) in [6.45, 7) is 0. The average molecular weight is 287 g/mol. The Morgan fingerprint density at radius 1 is 1.25 bits per heavy atom. The van der Waals surface area contributed by atoms with Crippen molar-refractivity contribution in [3.05, 3.63) is 52.8 Å². The number of hydrogen-bond donors (Lipinski definition) is 2. The van der Waals surface area contributed by atoms with Crippen LogP contribution in [0.25, 0.3) is 11.0 Å². The van der Waals surface area contributed by atoms with Gasteiger partial charge in [0.15, 0.2) is 0 Å². The van der Waals surface area contributed by atoms with Gasteiger partial charge in [-0.3, -0.25) is 0 Å². The van der Waals surface area contributed by atoms with Gasteiger partial charge in [0, 0.05) is 5.69 Å². The Kier molecular flexibility index (Phi) is 3.01. The summed E-state index contributed by atoms with van der Waals surface area (Å²) in [4.78, 5) is 7.37. The number of halogens is 2. The highest BCUT2D eigenvalue weighted by atomic mass is 35.5. The van der Waals surface area contributed by atoms with E-state index < -0.39 is 5.82 Å². The summed E-state index contributed by atoms with van der Waals surface area (Å²) in [5.41, 5.74) is 2.66. The van der Waals surface area contributed by atoms with E-state index in [0.717, 1.165) is 11.0 Å². The molecule has 0 aliphatic heterocycles. The van der Waals surface area contributed by atoms with Crippen LogP contribution in [0.5, 0.6) is 0 Å². The van der Waals surface area contributed by atoms with Crippen molar-refractivity contribution < 1.29 is 4.39 Å². The number of aromatic nitrogens is 2. The molecule has 0 aliphatic carbocycles. The number of nitrogens with zero attached hydrogens (tertiary/aromatic N) is 2. The molecule has 20 heavy (non-hydrogen) atoms. The predicted octanol–water partition coefficient (Wildman–Crippen LogP) is 3.97. The molecular formula is C14H8ClFN4. The fourth-order valence-corrected chi connectivity index (χ4v) is 2.03. The number of rotatable bonds is 2. The monoisotopic (exact) mass is 286 g/mol. The standard InChI is InChI=1S/C14H8ClFN4/c15-10-6-9(2-3-11(10)16)18-14-19-12-4-1-8(7-17)5-13(12)20-14/h1-6H,(H2,18,19,20). The number of H-pyrrole nitrogens is 1. The van der Waals surface area contributed by atoms with Crippen LogP contribution in [0.4, 0.5) is 16.0 Å².